The zero-order chi connectivity index (χ0) is 15.4. The summed E-state index contributed by atoms with van der Waals surface area (Å²) in [4.78, 5) is 13.7. The molecule has 2 aromatic carbocycles. The van der Waals surface area contributed by atoms with Crippen molar-refractivity contribution < 1.29 is 14.6 Å². The Bertz CT molecular complexity index is 615. The van der Waals surface area contributed by atoms with Crippen LogP contribution < -0.4 is 0 Å². The molecule has 0 aromatic heterocycles. The lowest BCUT2D eigenvalue weighted by Gasteiger charge is -2.44. The van der Waals surface area contributed by atoms with Crippen LogP contribution in [0.25, 0.3) is 0 Å². The monoisotopic (exact) mass is 297 g/mol. The Labute approximate surface area is 130 Å². The van der Waals surface area contributed by atoms with E-state index in [4.69, 9.17) is 4.74 Å². The molecule has 22 heavy (non-hydrogen) atoms. The Morgan fingerprint density at radius 3 is 2.23 bits per heavy atom. The Hall–Kier alpha value is -2.33. The molecule has 0 bridgehead atoms. The lowest BCUT2D eigenvalue weighted by molar-refractivity contribution is -0.0547. The topological polar surface area (TPSA) is 49.8 Å². The van der Waals surface area contributed by atoms with Gasteiger partial charge < -0.3 is 9.84 Å². The van der Waals surface area contributed by atoms with Crippen molar-refractivity contribution in [2.45, 2.75) is 25.2 Å². The third-order valence-corrected chi connectivity index (χ3v) is 3.96. The van der Waals surface area contributed by atoms with Crippen molar-refractivity contribution in [2.75, 3.05) is 6.54 Å². The molecule has 1 N–H and O–H groups in total. The number of β-amino-alcohol motifs (C(OH)–C–C–N with tert-alkyl or cyclic N) is 1. The molecule has 4 heteroatoms. The highest BCUT2D eigenvalue weighted by Gasteiger charge is 2.41. The number of carbonyl (C=O) groups is 1. The van der Waals surface area contributed by atoms with E-state index in [1.807, 2.05) is 60.7 Å². The number of carbonyl (C=O) groups excluding carboxylic acids is 1. The number of ether oxygens (including phenoxy) is 1. The van der Waals surface area contributed by atoms with Crippen molar-refractivity contribution in [3.63, 3.8) is 0 Å². The van der Waals surface area contributed by atoms with Crippen LogP contribution in [0, 0.1) is 0 Å². The number of rotatable bonds is 4. The molecule has 1 aliphatic heterocycles. The van der Waals surface area contributed by atoms with Gasteiger partial charge in [0, 0.05) is 0 Å². The van der Waals surface area contributed by atoms with Crippen LogP contribution in [-0.4, -0.2) is 34.8 Å². The molecule has 0 aliphatic carbocycles. The maximum absolute atomic E-state index is 12.1. The van der Waals surface area contributed by atoms with Gasteiger partial charge in [-0.15, -0.1) is 0 Å². The summed E-state index contributed by atoms with van der Waals surface area (Å²) in [5, 5.41) is 9.92. The van der Waals surface area contributed by atoms with Gasteiger partial charge in [-0.25, -0.2) is 4.79 Å². The van der Waals surface area contributed by atoms with Crippen LogP contribution in [-0.2, 0) is 17.8 Å². The summed E-state index contributed by atoms with van der Waals surface area (Å²) in [6.07, 6.45) is -0.206. The van der Waals surface area contributed by atoms with Gasteiger partial charge in [-0.2, -0.15) is 0 Å². The normalized spacial score (nSPS) is 20.3. The lowest BCUT2D eigenvalue weighted by Crippen LogP contribution is -2.63. The van der Waals surface area contributed by atoms with Gasteiger partial charge >= 0.3 is 6.09 Å². The van der Waals surface area contributed by atoms with Gasteiger partial charge in [-0.3, -0.25) is 4.90 Å². The average Bonchev–Trinajstić information content (AvgIpc) is 2.57. The van der Waals surface area contributed by atoms with Crippen LogP contribution in [0.4, 0.5) is 4.79 Å². The van der Waals surface area contributed by atoms with Crippen molar-refractivity contribution in [2.24, 2.45) is 0 Å². The van der Waals surface area contributed by atoms with E-state index in [0.29, 0.717) is 13.0 Å². The number of amides is 1. The summed E-state index contributed by atoms with van der Waals surface area (Å²) in [6.45, 7) is 0.593. The fourth-order valence-electron chi connectivity index (χ4n) is 2.64. The first-order valence-electron chi connectivity index (χ1n) is 7.43. The first-order chi connectivity index (χ1) is 10.7. The van der Waals surface area contributed by atoms with E-state index in [1.165, 1.54) is 0 Å². The zero-order valence-electron chi connectivity index (χ0n) is 12.3. The first kappa shape index (κ1) is 14.6. The highest BCUT2D eigenvalue weighted by Crippen LogP contribution is 2.23. The minimum absolute atomic E-state index is 0.203. The van der Waals surface area contributed by atoms with E-state index in [-0.39, 0.29) is 18.7 Å². The minimum atomic E-state index is -0.482. The average molecular weight is 297 g/mol. The minimum Gasteiger partial charge on any atom is -0.445 e. The molecule has 2 aromatic rings. The van der Waals surface area contributed by atoms with E-state index in [2.05, 4.69) is 0 Å². The quantitative estimate of drug-likeness (QED) is 0.943. The zero-order valence-corrected chi connectivity index (χ0v) is 12.3. The number of aliphatic hydroxyl groups is 1. The lowest BCUT2D eigenvalue weighted by atomic mass is 9.93. The predicted molar refractivity (Wildman–Crippen MR) is 83.3 cm³/mol. The first-order valence-corrected chi connectivity index (χ1v) is 7.43. The van der Waals surface area contributed by atoms with Crippen molar-refractivity contribution in [3.8, 4) is 0 Å². The Balaban J connectivity index is 1.56. The van der Waals surface area contributed by atoms with Crippen molar-refractivity contribution in [1.82, 2.24) is 4.90 Å². The van der Waals surface area contributed by atoms with Crippen LogP contribution in [0.15, 0.2) is 60.7 Å². The molecule has 114 valence electrons. The highest BCUT2D eigenvalue weighted by atomic mass is 16.6. The van der Waals surface area contributed by atoms with Gasteiger partial charge in [0.1, 0.15) is 6.61 Å². The van der Waals surface area contributed by atoms with Crippen LogP contribution in [0.5, 0.6) is 0 Å². The molecule has 1 fully saturated rings. The number of aliphatic hydroxyl groups excluding tert-OH is 1. The van der Waals surface area contributed by atoms with E-state index in [0.717, 1.165) is 11.1 Å². The standard InChI is InChI=1S/C18H19NO3/c20-17-12-19(16(17)11-14-7-3-1-4-8-14)18(21)22-13-15-9-5-2-6-10-15/h1-10,16-17,20H,11-13H2/t16-,17?/m0/s1. The molecule has 1 unspecified atom stereocenters. The summed E-state index contributed by atoms with van der Waals surface area (Å²) >= 11 is 0. The van der Waals surface area contributed by atoms with Gasteiger partial charge in [0.05, 0.1) is 18.7 Å². The molecule has 1 saturated heterocycles. The van der Waals surface area contributed by atoms with Gasteiger partial charge in [-0.1, -0.05) is 60.7 Å². The summed E-state index contributed by atoms with van der Waals surface area (Å²) in [5.74, 6) is 0. The van der Waals surface area contributed by atoms with Crippen molar-refractivity contribution in [1.29, 1.82) is 0 Å². The summed E-state index contributed by atoms with van der Waals surface area (Å²) in [7, 11) is 0. The smallest absolute Gasteiger partial charge is 0.410 e. The molecule has 3 rings (SSSR count). The van der Waals surface area contributed by atoms with E-state index < -0.39 is 6.10 Å². The Morgan fingerprint density at radius 2 is 1.64 bits per heavy atom. The fourth-order valence-corrected chi connectivity index (χ4v) is 2.64. The number of benzene rings is 2. The molecule has 0 saturated carbocycles. The van der Waals surface area contributed by atoms with Crippen LogP contribution in [0.1, 0.15) is 11.1 Å². The number of likely N-dealkylation sites (tertiary alicyclic amines) is 1. The van der Waals surface area contributed by atoms with Crippen LogP contribution >= 0.6 is 0 Å². The maximum atomic E-state index is 12.1. The fraction of sp³-hybridized carbons (Fsp3) is 0.278. The molecular weight excluding hydrogens is 278 g/mol. The van der Waals surface area contributed by atoms with E-state index >= 15 is 0 Å². The third kappa shape index (κ3) is 3.28. The van der Waals surface area contributed by atoms with Crippen LogP contribution in [0.3, 0.4) is 0 Å². The molecule has 1 heterocycles. The van der Waals surface area contributed by atoms with Crippen LogP contribution in [0.2, 0.25) is 0 Å². The van der Waals surface area contributed by atoms with Gasteiger partial charge in [0.25, 0.3) is 0 Å². The summed E-state index contributed by atoms with van der Waals surface area (Å²) < 4.78 is 5.32. The molecule has 1 aliphatic rings. The van der Waals surface area contributed by atoms with Crippen molar-refractivity contribution >= 4 is 6.09 Å². The van der Waals surface area contributed by atoms with Crippen molar-refractivity contribution in [3.05, 3.63) is 71.8 Å². The Kier molecular flexibility index (Phi) is 4.39. The second-order valence-corrected chi connectivity index (χ2v) is 5.52. The summed E-state index contributed by atoms with van der Waals surface area (Å²) in [6, 6.07) is 19.2. The summed E-state index contributed by atoms with van der Waals surface area (Å²) in [5.41, 5.74) is 2.06. The largest absolute Gasteiger partial charge is 0.445 e. The molecule has 4 nitrogen and oxygen atoms in total. The number of hydrogen-bond donors (Lipinski definition) is 1. The third-order valence-electron chi connectivity index (χ3n) is 3.96. The SMILES string of the molecule is O=C(OCc1ccccc1)N1CC(O)[C@@H]1Cc1ccccc1. The van der Waals surface area contributed by atoms with Gasteiger partial charge in [-0.05, 0) is 17.5 Å². The van der Waals surface area contributed by atoms with Gasteiger partial charge in [0.15, 0.2) is 0 Å². The molecule has 0 spiro atoms. The molecule has 2 atom stereocenters. The van der Waals surface area contributed by atoms with Gasteiger partial charge in [0.2, 0.25) is 0 Å². The second-order valence-electron chi connectivity index (χ2n) is 5.52. The molecular formula is C18H19NO3. The Morgan fingerprint density at radius 1 is 1.05 bits per heavy atom. The molecule has 0 radical (unpaired) electrons. The second kappa shape index (κ2) is 6.62. The van der Waals surface area contributed by atoms with E-state index in [1.54, 1.807) is 4.90 Å². The highest BCUT2D eigenvalue weighted by molar-refractivity contribution is 5.69. The number of hydrogen-bond acceptors (Lipinski definition) is 3. The van der Waals surface area contributed by atoms with E-state index in [9.17, 15) is 9.90 Å². The number of nitrogens with zero attached hydrogens (tertiary/aromatic N) is 1. The molecule has 1 amide bonds. The maximum Gasteiger partial charge on any atom is 0.410 e. The predicted octanol–water partition coefficient (Wildman–Crippen LogP) is 2.61.